The highest BCUT2D eigenvalue weighted by molar-refractivity contribution is 5.97. The first-order valence-corrected chi connectivity index (χ1v) is 5.87. The van der Waals surface area contributed by atoms with Gasteiger partial charge in [-0.15, -0.1) is 0 Å². The number of ketones is 1. The molecule has 1 aromatic carbocycles. The van der Waals surface area contributed by atoms with E-state index in [1.807, 2.05) is 0 Å². The predicted molar refractivity (Wildman–Crippen MR) is 63.8 cm³/mol. The molecule has 0 saturated heterocycles. The summed E-state index contributed by atoms with van der Waals surface area (Å²) in [5.41, 5.74) is -0.0378. The van der Waals surface area contributed by atoms with Gasteiger partial charge < -0.3 is 9.47 Å². The number of carbonyl (C=O) groups excluding carboxylic acids is 1. The van der Waals surface area contributed by atoms with Crippen molar-refractivity contribution in [2.24, 2.45) is 0 Å². The number of ether oxygens (including phenoxy) is 2. The molecular weight excluding hydrogens is 261 g/mol. The zero-order valence-electron chi connectivity index (χ0n) is 10.7. The van der Waals surface area contributed by atoms with E-state index in [-0.39, 0.29) is 11.3 Å². The molecule has 0 unspecified atom stereocenters. The minimum absolute atomic E-state index is 0.0378. The van der Waals surface area contributed by atoms with Crippen LogP contribution in [-0.4, -0.2) is 25.2 Å². The standard InChI is InChI=1S/C13H15F3O3/c1-3-18-11-6-5-9(7-12(11)19-4-2)10(17)8-13(14,15)16/h5-7H,3-4,8H2,1-2H3. The molecule has 1 aromatic rings. The fraction of sp³-hybridized carbons (Fsp3) is 0.462. The average Bonchev–Trinajstić information content (AvgIpc) is 2.29. The molecule has 19 heavy (non-hydrogen) atoms. The van der Waals surface area contributed by atoms with Crippen molar-refractivity contribution in [2.75, 3.05) is 13.2 Å². The molecule has 3 nitrogen and oxygen atoms in total. The minimum atomic E-state index is -4.51. The number of benzene rings is 1. The minimum Gasteiger partial charge on any atom is -0.490 e. The summed E-state index contributed by atoms with van der Waals surface area (Å²) in [6.07, 6.45) is -5.99. The molecular formula is C13H15F3O3. The molecule has 0 fully saturated rings. The summed E-state index contributed by atoms with van der Waals surface area (Å²) in [6, 6.07) is 4.03. The van der Waals surface area contributed by atoms with E-state index in [4.69, 9.17) is 9.47 Å². The highest BCUT2D eigenvalue weighted by Gasteiger charge is 2.31. The SMILES string of the molecule is CCOc1ccc(C(=O)CC(F)(F)F)cc1OCC. The van der Waals surface area contributed by atoms with Crippen LogP contribution in [-0.2, 0) is 0 Å². The quantitative estimate of drug-likeness (QED) is 0.744. The molecule has 0 heterocycles. The summed E-state index contributed by atoms with van der Waals surface area (Å²) in [6.45, 7) is 4.24. The predicted octanol–water partition coefficient (Wildman–Crippen LogP) is 3.62. The van der Waals surface area contributed by atoms with E-state index in [1.165, 1.54) is 18.2 Å². The Balaban J connectivity index is 2.97. The van der Waals surface area contributed by atoms with Gasteiger partial charge in [0.1, 0.15) is 6.42 Å². The van der Waals surface area contributed by atoms with Gasteiger partial charge in [0, 0.05) is 5.56 Å². The van der Waals surface area contributed by atoms with E-state index in [1.54, 1.807) is 13.8 Å². The van der Waals surface area contributed by atoms with Gasteiger partial charge in [0.05, 0.1) is 13.2 Å². The van der Waals surface area contributed by atoms with Crippen LogP contribution in [0.2, 0.25) is 0 Å². The molecule has 0 aliphatic heterocycles. The number of hydrogen-bond acceptors (Lipinski definition) is 3. The Morgan fingerprint density at radius 2 is 1.68 bits per heavy atom. The lowest BCUT2D eigenvalue weighted by molar-refractivity contribution is -0.125. The number of carbonyl (C=O) groups is 1. The van der Waals surface area contributed by atoms with Crippen LogP contribution in [0, 0.1) is 0 Å². The number of hydrogen-bond donors (Lipinski definition) is 0. The number of halogens is 3. The maximum Gasteiger partial charge on any atom is 0.396 e. The van der Waals surface area contributed by atoms with Crippen molar-refractivity contribution >= 4 is 5.78 Å². The smallest absolute Gasteiger partial charge is 0.396 e. The van der Waals surface area contributed by atoms with Crippen molar-refractivity contribution in [3.8, 4) is 11.5 Å². The van der Waals surface area contributed by atoms with Crippen LogP contribution >= 0.6 is 0 Å². The van der Waals surface area contributed by atoms with Gasteiger partial charge >= 0.3 is 6.18 Å². The van der Waals surface area contributed by atoms with Crippen LogP contribution < -0.4 is 9.47 Å². The second kappa shape index (κ2) is 6.45. The number of alkyl halides is 3. The average molecular weight is 276 g/mol. The van der Waals surface area contributed by atoms with Crippen LogP contribution in [0.3, 0.4) is 0 Å². The highest BCUT2D eigenvalue weighted by Crippen LogP contribution is 2.30. The van der Waals surface area contributed by atoms with Gasteiger partial charge in [-0.2, -0.15) is 13.2 Å². The Morgan fingerprint density at radius 3 is 2.21 bits per heavy atom. The topological polar surface area (TPSA) is 35.5 Å². The fourth-order valence-electron chi connectivity index (χ4n) is 1.51. The molecule has 0 saturated carbocycles. The molecule has 0 aliphatic rings. The first-order valence-electron chi connectivity index (χ1n) is 5.87. The van der Waals surface area contributed by atoms with Gasteiger partial charge in [-0.25, -0.2) is 0 Å². The lowest BCUT2D eigenvalue weighted by Gasteiger charge is -2.12. The van der Waals surface area contributed by atoms with Crippen LogP contribution in [0.25, 0.3) is 0 Å². The van der Waals surface area contributed by atoms with E-state index in [2.05, 4.69) is 0 Å². The summed E-state index contributed by atoms with van der Waals surface area (Å²) in [4.78, 5) is 11.5. The fourth-order valence-corrected chi connectivity index (χ4v) is 1.51. The highest BCUT2D eigenvalue weighted by atomic mass is 19.4. The normalized spacial score (nSPS) is 11.2. The van der Waals surface area contributed by atoms with Crippen LogP contribution in [0.15, 0.2) is 18.2 Å². The van der Waals surface area contributed by atoms with Crippen molar-refractivity contribution in [1.29, 1.82) is 0 Å². The Kier molecular flexibility index (Phi) is 5.20. The van der Waals surface area contributed by atoms with Gasteiger partial charge in [0.15, 0.2) is 17.3 Å². The summed E-state index contributed by atoms with van der Waals surface area (Å²) < 4.78 is 47.0. The van der Waals surface area contributed by atoms with Crippen LogP contribution in [0.5, 0.6) is 11.5 Å². The maximum atomic E-state index is 12.2. The Hall–Kier alpha value is -1.72. The van der Waals surface area contributed by atoms with Crippen LogP contribution in [0.1, 0.15) is 30.6 Å². The first kappa shape index (κ1) is 15.3. The molecule has 0 bridgehead atoms. The van der Waals surface area contributed by atoms with E-state index >= 15 is 0 Å². The second-order valence-electron chi connectivity index (χ2n) is 3.74. The maximum absolute atomic E-state index is 12.2. The third-order valence-corrected chi connectivity index (χ3v) is 2.23. The third-order valence-electron chi connectivity index (χ3n) is 2.23. The van der Waals surface area contributed by atoms with Crippen molar-refractivity contribution in [2.45, 2.75) is 26.4 Å². The zero-order chi connectivity index (χ0) is 14.5. The Morgan fingerprint density at radius 1 is 1.11 bits per heavy atom. The van der Waals surface area contributed by atoms with E-state index < -0.39 is 18.4 Å². The van der Waals surface area contributed by atoms with Crippen molar-refractivity contribution < 1.29 is 27.4 Å². The molecule has 0 aromatic heterocycles. The lowest BCUT2D eigenvalue weighted by atomic mass is 10.1. The summed E-state index contributed by atoms with van der Waals surface area (Å²) >= 11 is 0. The van der Waals surface area contributed by atoms with Crippen molar-refractivity contribution in [3.05, 3.63) is 23.8 Å². The van der Waals surface area contributed by atoms with Gasteiger partial charge in [-0.1, -0.05) is 0 Å². The van der Waals surface area contributed by atoms with Crippen molar-refractivity contribution in [1.82, 2.24) is 0 Å². The van der Waals surface area contributed by atoms with Crippen LogP contribution in [0.4, 0.5) is 13.2 Å². The molecule has 0 N–H and O–H groups in total. The van der Waals surface area contributed by atoms with E-state index in [0.717, 1.165) is 0 Å². The largest absolute Gasteiger partial charge is 0.490 e. The molecule has 0 atom stereocenters. The van der Waals surface area contributed by atoms with Gasteiger partial charge in [-0.3, -0.25) is 4.79 Å². The lowest BCUT2D eigenvalue weighted by Crippen LogP contribution is -2.15. The molecule has 6 heteroatoms. The molecule has 1 rings (SSSR count). The van der Waals surface area contributed by atoms with E-state index in [9.17, 15) is 18.0 Å². The second-order valence-corrected chi connectivity index (χ2v) is 3.74. The monoisotopic (exact) mass is 276 g/mol. The summed E-state index contributed by atoms with van der Waals surface area (Å²) in [5, 5.41) is 0. The molecule has 0 amide bonds. The molecule has 106 valence electrons. The van der Waals surface area contributed by atoms with Gasteiger partial charge in [0.2, 0.25) is 0 Å². The Bertz CT molecular complexity index is 441. The molecule has 0 spiro atoms. The number of rotatable bonds is 6. The molecule has 0 radical (unpaired) electrons. The first-order chi connectivity index (χ1) is 8.87. The zero-order valence-corrected chi connectivity index (χ0v) is 10.7. The van der Waals surface area contributed by atoms with Crippen molar-refractivity contribution in [3.63, 3.8) is 0 Å². The summed E-state index contributed by atoms with van der Waals surface area (Å²) in [7, 11) is 0. The Labute approximate surface area is 109 Å². The number of Topliss-reactive ketones (excluding diaryl/α,β-unsaturated/α-hetero) is 1. The third kappa shape index (κ3) is 4.81. The van der Waals surface area contributed by atoms with E-state index in [0.29, 0.717) is 19.0 Å². The summed E-state index contributed by atoms with van der Waals surface area (Å²) in [5.74, 6) is -0.304. The molecule has 0 aliphatic carbocycles. The van der Waals surface area contributed by atoms with Gasteiger partial charge in [0.25, 0.3) is 0 Å². The van der Waals surface area contributed by atoms with Gasteiger partial charge in [-0.05, 0) is 32.0 Å².